The fourth-order valence-electron chi connectivity index (χ4n) is 3.53. The average Bonchev–Trinajstić information content (AvgIpc) is 2.72. The number of hydrogen-bond acceptors (Lipinski definition) is 4. The van der Waals surface area contributed by atoms with Crippen molar-refractivity contribution in [2.45, 2.75) is 44.3 Å². The maximum atomic E-state index is 4.62. The molecule has 1 aromatic heterocycles. The van der Waals surface area contributed by atoms with E-state index in [9.17, 15) is 0 Å². The van der Waals surface area contributed by atoms with Crippen molar-refractivity contribution in [3.63, 3.8) is 0 Å². The van der Waals surface area contributed by atoms with Gasteiger partial charge in [0.05, 0.1) is 17.6 Å². The quantitative estimate of drug-likeness (QED) is 0.914. The van der Waals surface area contributed by atoms with Gasteiger partial charge in [0.15, 0.2) is 0 Å². The lowest BCUT2D eigenvalue weighted by Crippen LogP contribution is -2.36. The summed E-state index contributed by atoms with van der Waals surface area (Å²) in [6.45, 7) is 4.45. The number of nitrogens with zero attached hydrogens (tertiary/aromatic N) is 3. The lowest BCUT2D eigenvalue weighted by molar-refractivity contribution is 0.254. The Hall–Kier alpha value is -1.13. The number of fused-ring (bicyclic) bond motifs is 2. The molecule has 1 aromatic rings. The van der Waals surface area contributed by atoms with Crippen molar-refractivity contribution in [1.82, 2.24) is 15.2 Å². The van der Waals surface area contributed by atoms with E-state index >= 15 is 0 Å². The Balaban J connectivity index is 1.73. The zero-order chi connectivity index (χ0) is 14.1. The molecule has 2 aliphatic rings. The van der Waals surface area contributed by atoms with Crippen LogP contribution in [0, 0.1) is 0 Å². The summed E-state index contributed by atoms with van der Waals surface area (Å²) in [4.78, 5) is 9.72. The highest BCUT2D eigenvalue weighted by Gasteiger charge is 2.34. The van der Waals surface area contributed by atoms with Gasteiger partial charge in [0.2, 0.25) is 0 Å². The Morgan fingerprint density at radius 3 is 2.75 bits per heavy atom. The summed E-state index contributed by atoms with van der Waals surface area (Å²) in [6.07, 6.45) is 6.05. The molecule has 0 aliphatic carbocycles. The highest BCUT2D eigenvalue weighted by molar-refractivity contribution is 5.45. The van der Waals surface area contributed by atoms with E-state index in [0.717, 1.165) is 30.9 Å². The first-order valence-electron chi connectivity index (χ1n) is 7.79. The van der Waals surface area contributed by atoms with Crippen molar-refractivity contribution < 1.29 is 0 Å². The molecule has 3 atom stereocenters. The monoisotopic (exact) mass is 274 g/mol. The molecule has 3 rings (SSSR count). The minimum Gasteiger partial charge on any atom is -0.369 e. The van der Waals surface area contributed by atoms with Gasteiger partial charge in [-0.15, -0.1) is 0 Å². The smallest absolute Gasteiger partial charge is 0.0571 e. The lowest BCUT2D eigenvalue weighted by Gasteiger charge is -2.27. The number of rotatable bonds is 3. The number of hydrogen-bond donors (Lipinski definition) is 1. The van der Waals surface area contributed by atoms with Crippen molar-refractivity contribution in [1.29, 1.82) is 0 Å². The summed E-state index contributed by atoms with van der Waals surface area (Å²) < 4.78 is 0. The van der Waals surface area contributed by atoms with E-state index < -0.39 is 0 Å². The largest absolute Gasteiger partial charge is 0.369 e. The van der Waals surface area contributed by atoms with Crippen LogP contribution in [0.2, 0.25) is 0 Å². The molecular weight excluding hydrogens is 248 g/mol. The third-order valence-corrected chi connectivity index (χ3v) is 5.16. The summed E-state index contributed by atoms with van der Waals surface area (Å²) in [5.41, 5.74) is 2.39. The molecule has 2 aliphatic heterocycles. The van der Waals surface area contributed by atoms with Crippen LogP contribution in [-0.2, 0) is 0 Å². The molecule has 3 heterocycles. The van der Waals surface area contributed by atoms with E-state index in [-0.39, 0.29) is 0 Å². The van der Waals surface area contributed by atoms with E-state index in [2.05, 4.69) is 46.2 Å². The van der Waals surface area contributed by atoms with Gasteiger partial charge in [-0.3, -0.25) is 9.88 Å². The van der Waals surface area contributed by atoms with Gasteiger partial charge in [-0.05, 0) is 52.4 Å². The van der Waals surface area contributed by atoms with Crippen LogP contribution >= 0.6 is 0 Å². The predicted molar refractivity (Wildman–Crippen MR) is 83.1 cm³/mol. The highest BCUT2D eigenvalue weighted by atomic mass is 15.3. The topological polar surface area (TPSA) is 31.4 Å². The van der Waals surface area contributed by atoms with Gasteiger partial charge in [-0.1, -0.05) is 0 Å². The molecule has 0 saturated carbocycles. The van der Waals surface area contributed by atoms with Gasteiger partial charge in [0.25, 0.3) is 0 Å². The molecule has 110 valence electrons. The summed E-state index contributed by atoms with van der Waals surface area (Å²) in [7, 11) is 4.27. The number of pyridine rings is 1. The third kappa shape index (κ3) is 2.54. The Labute approximate surface area is 122 Å². The second kappa shape index (κ2) is 5.70. The fraction of sp³-hybridized carbons (Fsp3) is 0.688. The van der Waals surface area contributed by atoms with Gasteiger partial charge < -0.3 is 10.2 Å². The lowest BCUT2D eigenvalue weighted by atomic mass is 10.1. The predicted octanol–water partition coefficient (Wildman–Crippen LogP) is 2.03. The number of anilines is 1. The first-order chi connectivity index (χ1) is 9.69. The Kier molecular flexibility index (Phi) is 3.94. The zero-order valence-electron chi connectivity index (χ0n) is 12.8. The van der Waals surface area contributed by atoms with Crippen molar-refractivity contribution in [2.75, 3.05) is 32.1 Å². The Morgan fingerprint density at radius 1 is 1.25 bits per heavy atom. The first-order valence-corrected chi connectivity index (χ1v) is 7.79. The molecule has 0 spiro atoms. The highest BCUT2D eigenvalue weighted by Crippen LogP contribution is 2.30. The van der Waals surface area contributed by atoms with Crippen molar-refractivity contribution >= 4 is 5.69 Å². The molecule has 4 heteroatoms. The molecule has 2 bridgehead atoms. The van der Waals surface area contributed by atoms with Gasteiger partial charge in [-0.2, -0.15) is 0 Å². The van der Waals surface area contributed by atoms with Crippen LogP contribution in [0.25, 0.3) is 0 Å². The first kappa shape index (κ1) is 13.8. The molecule has 4 nitrogen and oxygen atoms in total. The summed E-state index contributed by atoms with van der Waals surface area (Å²) in [6, 6.07) is 6.22. The fourth-order valence-corrected chi connectivity index (χ4v) is 3.53. The number of aromatic nitrogens is 1. The van der Waals surface area contributed by atoms with E-state index in [1.54, 1.807) is 0 Å². The van der Waals surface area contributed by atoms with Crippen molar-refractivity contribution in [3.05, 3.63) is 24.0 Å². The molecular formula is C16H26N4. The van der Waals surface area contributed by atoms with Crippen LogP contribution < -0.4 is 10.2 Å². The summed E-state index contributed by atoms with van der Waals surface area (Å²) >= 11 is 0. The average molecular weight is 274 g/mol. The van der Waals surface area contributed by atoms with E-state index in [0.29, 0.717) is 6.04 Å². The van der Waals surface area contributed by atoms with Gasteiger partial charge in [-0.25, -0.2) is 0 Å². The molecule has 1 N–H and O–H groups in total. The summed E-state index contributed by atoms with van der Waals surface area (Å²) in [5, 5.41) is 3.24. The van der Waals surface area contributed by atoms with Crippen LogP contribution in [-0.4, -0.2) is 49.2 Å². The van der Waals surface area contributed by atoms with Crippen LogP contribution in [0.15, 0.2) is 18.3 Å². The van der Waals surface area contributed by atoms with Gasteiger partial charge in [0.1, 0.15) is 0 Å². The van der Waals surface area contributed by atoms with Gasteiger partial charge in [0, 0.05) is 31.2 Å². The maximum absolute atomic E-state index is 4.62. The SMILES string of the molecule is CNC(C)c1ccc(N2CCC3CCC(C2)N3C)cn1. The minimum absolute atomic E-state index is 0.315. The van der Waals surface area contributed by atoms with E-state index in [1.807, 2.05) is 13.2 Å². The standard InChI is InChI=1S/C16H26N4/c1-12(17-2)16-7-6-14(10-18-16)20-9-8-13-4-5-15(11-20)19(13)3/h6-7,10,12-13,15,17H,4-5,8-9,11H2,1-3H3. The Morgan fingerprint density at radius 2 is 2.05 bits per heavy atom. The minimum atomic E-state index is 0.315. The Bertz CT molecular complexity index is 444. The second-order valence-corrected chi connectivity index (χ2v) is 6.24. The second-order valence-electron chi connectivity index (χ2n) is 6.24. The van der Waals surface area contributed by atoms with E-state index in [4.69, 9.17) is 0 Å². The van der Waals surface area contributed by atoms with Crippen molar-refractivity contribution in [3.8, 4) is 0 Å². The molecule has 3 unspecified atom stereocenters. The molecule has 0 amide bonds. The van der Waals surface area contributed by atoms with Gasteiger partial charge >= 0.3 is 0 Å². The molecule has 2 fully saturated rings. The molecule has 0 radical (unpaired) electrons. The van der Waals surface area contributed by atoms with Crippen LogP contribution in [0.4, 0.5) is 5.69 Å². The molecule has 2 saturated heterocycles. The summed E-state index contributed by atoms with van der Waals surface area (Å²) in [5.74, 6) is 0. The number of nitrogens with one attached hydrogen (secondary N) is 1. The normalized spacial score (nSPS) is 28.4. The van der Waals surface area contributed by atoms with Crippen molar-refractivity contribution in [2.24, 2.45) is 0 Å². The molecule has 20 heavy (non-hydrogen) atoms. The third-order valence-electron chi connectivity index (χ3n) is 5.16. The van der Waals surface area contributed by atoms with Crippen LogP contribution in [0.5, 0.6) is 0 Å². The zero-order valence-corrected chi connectivity index (χ0v) is 12.8. The maximum Gasteiger partial charge on any atom is 0.0571 e. The van der Waals surface area contributed by atoms with Crippen LogP contribution in [0.3, 0.4) is 0 Å². The number of likely N-dealkylation sites (N-methyl/N-ethyl adjacent to an activating group) is 1. The van der Waals surface area contributed by atoms with Crippen LogP contribution in [0.1, 0.15) is 37.9 Å². The molecule has 0 aromatic carbocycles. The van der Waals surface area contributed by atoms with E-state index in [1.165, 1.54) is 24.9 Å².